The highest BCUT2D eigenvalue weighted by Crippen LogP contribution is 2.49. The molecule has 0 bridgehead atoms. The van der Waals surface area contributed by atoms with Crippen LogP contribution in [0, 0.1) is 5.92 Å². The molecule has 0 aromatic carbocycles. The lowest BCUT2D eigenvalue weighted by Crippen LogP contribution is -2.18. The van der Waals surface area contributed by atoms with Crippen LogP contribution in [0.4, 0.5) is 0 Å². The summed E-state index contributed by atoms with van der Waals surface area (Å²) in [6.45, 7) is 1.16. The van der Waals surface area contributed by atoms with Gasteiger partial charge >= 0.3 is 22.8 Å². The molecule has 110 valence electrons. The number of rotatable bonds is 7. The van der Waals surface area contributed by atoms with Gasteiger partial charge in [0.25, 0.3) is 0 Å². The van der Waals surface area contributed by atoms with Gasteiger partial charge in [0.15, 0.2) is 0 Å². The summed E-state index contributed by atoms with van der Waals surface area (Å²) in [5.74, 6) is -1.16. The minimum atomic E-state index is -4.51. The molecule has 0 aromatic rings. The first-order chi connectivity index (χ1) is 7.71. The molecule has 0 aromatic heterocycles. The quantitative estimate of drug-likeness (QED) is 0.350. The van der Waals surface area contributed by atoms with Gasteiger partial charge in [-0.05, 0) is 12.3 Å². The maximum atomic E-state index is 10.9. The summed E-state index contributed by atoms with van der Waals surface area (Å²) in [7, 11) is -13.5. The van der Waals surface area contributed by atoms with Crippen molar-refractivity contribution in [1.29, 1.82) is 0 Å². The van der Waals surface area contributed by atoms with E-state index in [1.807, 2.05) is 0 Å². The van der Waals surface area contributed by atoms with E-state index in [1.54, 1.807) is 0 Å². The third-order valence-corrected chi connectivity index (χ3v) is 5.58. The van der Waals surface area contributed by atoms with E-state index in [4.69, 9.17) is 29.4 Å². The second kappa shape index (κ2) is 6.27. The van der Waals surface area contributed by atoms with Crippen LogP contribution in [0.1, 0.15) is 13.3 Å². The SMILES string of the molecule is CC(CC(CP(=O)(O)O)CP(=O)(O)O)P(=O)(O)O. The van der Waals surface area contributed by atoms with Crippen LogP contribution in [0.5, 0.6) is 0 Å². The van der Waals surface area contributed by atoms with Gasteiger partial charge in [-0.1, -0.05) is 6.92 Å². The van der Waals surface area contributed by atoms with E-state index in [0.717, 1.165) is 6.92 Å². The maximum absolute atomic E-state index is 10.9. The highest BCUT2D eigenvalue weighted by atomic mass is 31.2. The first-order valence-corrected chi connectivity index (χ1v) is 10.1. The van der Waals surface area contributed by atoms with Crippen molar-refractivity contribution >= 4 is 22.8 Å². The van der Waals surface area contributed by atoms with Gasteiger partial charge in [-0.3, -0.25) is 13.7 Å². The van der Waals surface area contributed by atoms with Crippen LogP contribution < -0.4 is 0 Å². The van der Waals surface area contributed by atoms with Crippen LogP contribution in [0.25, 0.3) is 0 Å². The molecule has 0 saturated carbocycles. The normalized spacial score (nSPS) is 16.0. The molecule has 18 heavy (non-hydrogen) atoms. The van der Waals surface area contributed by atoms with Gasteiger partial charge < -0.3 is 29.4 Å². The van der Waals surface area contributed by atoms with Gasteiger partial charge in [-0.15, -0.1) is 0 Å². The first kappa shape index (κ1) is 18.4. The summed E-state index contributed by atoms with van der Waals surface area (Å²) in [6.07, 6.45) is -2.01. The van der Waals surface area contributed by atoms with Crippen molar-refractivity contribution in [2.75, 3.05) is 12.3 Å². The molecule has 0 aliphatic heterocycles. The second-order valence-electron chi connectivity index (χ2n) is 4.23. The summed E-state index contributed by atoms with van der Waals surface area (Å²) in [4.78, 5) is 52.8. The molecule has 0 radical (unpaired) electrons. The van der Waals surface area contributed by atoms with Crippen molar-refractivity contribution in [2.45, 2.75) is 19.0 Å². The van der Waals surface area contributed by atoms with Crippen LogP contribution in [-0.4, -0.2) is 47.3 Å². The molecule has 12 heteroatoms. The zero-order valence-corrected chi connectivity index (χ0v) is 12.2. The van der Waals surface area contributed by atoms with E-state index in [2.05, 4.69) is 0 Å². The highest BCUT2D eigenvalue weighted by Gasteiger charge is 2.33. The average Bonchev–Trinajstić information content (AvgIpc) is 1.94. The molecular weight excluding hydrogens is 309 g/mol. The number of hydrogen-bond donors (Lipinski definition) is 6. The van der Waals surface area contributed by atoms with Crippen molar-refractivity contribution in [3.63, 3.8) is 0 Å². The first-order valence-electron chi connectivity index (χ1n) is 4.85. The lowest BCUT2D eigenvalue weighted by Gasteiger charge is -2.22. The molecule has 9 nitrogen and oxygen atoms in total. The second-order valence-corrected chi connectivity index (χ2v) is 9.68. The van der Waals surface area contributed by atoms with Crippen LogP contribution in [-0.2, 0) is 13.7 Å². The molecule has 0 fully saturated rings. The topological polar surface area (TPSA) is 173 Å². The lowest BCUT2D eigenvalue weighted by atomic mass is 10.1. The smallest absolute Gasteiger partial charge is 0.324 e. The predicted molar refractivity (Wildman–Crippen MR) is 63.4 cm³/mol. The van der Waals surface area contributed by atoms with Gasteiger partial charge in [0.05, 0.1) is 18.0 Å². The molecule has 0 saturated heterocycles. The molecule has 0 amide bonds. The van der Waals surface area contributed by atoms with Gasteiger partial charge in [0.2, 0.25) is 0 Å². The third-order valence-electron chi connectivity index (χ3n) is 2.24. The van der Waals surface area contributed by atoms with E-state index >= 15 is 0 Å². The highest BCUT2D eigenvalue weighted by molar-refractivity contribution is 7.53. The largest absolute Gasteiger partial charge is 0.328 e. The van der Waals surface area contributed by atoms with Crippen LogP contribution in [0.3, 0.4) is 0 Å². The zero-order valence-electron chi connectivity index (χ0n) is 9.53. The summed E-state index contributed by atoms with van der Waals surface area (Å²) in [5, 5.41) is 0. The van der Waals surface area contributed by atoms with E-state index in [0.29, 0.717) is 0 Å². The van der Waals surface area contributed by atoms with Crippen molar-refractivity contribution in [3.05, 3.63) is 0 Å². The minimum Gasteiger partial charge on any atom is -0.324 e. The minimum absolute atomic E-state index is 0.375. The molecule has 0 aliphatic carbocycles. The van der Waals surface area contributed by atoms with Gasteiger partial charge in [-0.25, -0.2) is 0 Å². The van der Waals surface area contributed by atoms with Crippen LogP contribution >= 0.6 is 22.8 Å². The fourth-order valence-corrected chi connectivity index (χ4v) is 4.18. The third kappa shape index (κ3) is 9.39. The Labute approximate surface area is 104 Å². The van der Waals surface area contributed by atoms with E-state index < -0.39 is 46.7 Å². The Kier molecular flexibility index (Phi) is 6.42. The van der Waals surface area contributed by atoms with Crippen molar-refractivity contribution in [2.24, 2.45) is 5.92 Å². The Bertz CT molecular complexity index is 379. The molecule has 0 spiro atoms. The summed E-state index contributed by atoms with van der Waals surface area (Å²) in [5.41, 5.74) is -1.22. The van der Waals surface area contributed by atoms with Crippen LogP contribution in [0.2, 0.25) is 0 Å². The summed E-state index contributed by atoms with van der Waals surface area (Å²) < 4.78 is 32.5. The molecule has 0 aliphatic rings. The van der Waals surface area contributed by atoms with E-state index in [-0.39, 0.29) is 6.42 Å². The Hall–Kier alpha value is 0.450. The standard InChI is InChI=1S/C6H17O9P3/c1-5(18(13,14)15)2-6(3-16(7,8)9)4-17(10,11)12/h5-6H,2-4H2,1H3,(H2,7,8,9)(H2,10,11,12)(H2,13,14,15). The van der Waals surface area contributed by atoms with Gasteiger partial charge in [0, 0.05) is 0 Å². The molecule has 1 unspecified atom stereocenters. The maximum Gasteiger partial charge on any atom is 0.328 e. The van der Waals surface area contributed by atoms with Gasteiger partial charge in [0.1, 0.15) is 0 Å². The molecule has 1 atom stereocenters. The lowest BCUT2D eigenvalue weighted by molar-refractivity contribution is 0.330. The summed E-state index contributed by atoms with van der Waals surface area (Å²) >= 11 is 0. The van der Waals surface area contributed by atoms with Crippen LogP contribution in [0.15, 0.2) is 0 Å². The van der Waals surface area contributed by atoms with Crippen molar-refractivity contribution in [3.8, 4) is 0 Å². The molecule has 6 N–H and O–H groups in total. The van der Waals surface area contributed by atoms with E-state index in [1.165, 1.54) is 0 Å². The molecule has 0 rings (SSSR count). The zero-order chi connectivity index (χ0) is 14.8. The number of hydrogen-bond acceptors (Lipinski definition) is 3. The molecular formula is C6H17O9P3. The Balaban J connectivity index is 4.84. The monoisotopic (exact) mass is 326 g/mol. The van der Waals surface area contributed by atoms with Crippen molar-refractivity contribution < 1.29 is 43.1 Å². The Morgan fingerprint density at radius 1 is 0.833 bits per heavy atom. The van der Waals surface area contributed by atoms with E-state index in [9.17, 15) is 13.7 Å². The predicted octanol–water partition coefficient (Wildman–Crippen LogP) is -0.0857. The summed E-state index contributed by atoms with van der Waals surface area (Å²) in [6, 6.07) is 0. The fraction of sp³-hybridized carbons (Fsp3) is 1.00. The van der Waals surface area contributed by atoms with Gasteiger partial charge in [-0.2, -0.15) is 0 Å². The fourth-order valence-electron chi connectivity index (χ4n) is 1.50. The Morgan fingerprint density at radius 2 is 1.17 bits per heavy atom. The molecule has 0 heterocycles. The Morgan fingerprint density at radius 3 is 1.39 bits per heavy atom. The van der Waals surface area contributed by atoms with Crippen molar-refractivity contribution in [1.82, 2.24) is 0 Å². The average molecular weight is 326 g/mol.